The third-order valence-corrected chi connectivity index (χ3v) is 5.71. The van der Waals surface area contributed by atoms with Gasteiger partial charge in [-0.1, -0.05) is 6.07 Å². The Morgan fingerprint density at radius 2 is 2.12 bits per heavy atom. The number of piperidine rings is 1. The lowest BCUT2D eigenvalue weighted by atomic mass is 9.92. The molecule has 1 unspecified atom stereocenters. The molecule has 5 nitrogen and oxygen atoms in total. The number of rotatable bonds is 4. The van der Waals surface area contributed by atoms with Crippen LogP contribution in [0.4, 0.5) is 4.39 Å². The number of hydrogen-bond donors (Lipinski definition) is 2. The molecule has 2 aliphatic rings. The van der Waals surface area contributed by atoms with Crippen LogP contribution in [0.15, 0.2) is 18.2 Å². The number of nitrogens with one attached hydrogen (secondary N) is 2. The summed E-state index contributed by atoms with van der Waals surface area (Å²) >= 11 is 0. The van der Waals surface area contributed by atoms with E-state index in [2.05, 4.69) is 15.6 Å². The number of carbonyl (C=O) groups is 1. The normalized spacial score (nSPS) is 20.3. The zero-order chi connectivity index (χ0) is 16.7. The van der Waals surface area contributed by atoms with Crippen LogP contribution in [0.2, 0.25) is 0 Å². The van der Waals surface area contributed by atoms with Gasteiger partial charge in [-0.05, 0) is 49.9 Å². The van der Waals surface area contributed by atoms with Crippen LogP contribution in [0.5, 0.6) is 0 Å². The number of nitrogens with zero attached hydrogens (tertiary/aromatic N) is 2. The predicted molar refractivity (Wildman–Crippen MR) is 105 cm³/mol. The molecule has 2 aromatic rings. The molecule has 0 bridgehead atoms. The number of hydrogen-bond acceptors (Lipinski definition) is 3. The number of imidazole rings is 1. The Morgan fingerprint density at radius 3 is 2.81 bits per heavy atom. The Morgan fingerprint density at radius 1 is 1.38 bits per heavy atom. The smallest absolute Gasteiger partial charge is 0.223 e. The van der Waals surface area contributed by atoms with Crippen LogP contribution in [0, 0.1) is 17.2 Å². The molecule has 4 rings (SSSR count). The molecule has 1 amide bonds. The number of aromatic nitrogens is 2. The largest absolute Gasteiger partial charge is 0.355 e. The van der Waals surface area contributed by atoms with Gasteiger partial charge in [0.15, 0.2) is 5.82 Å². The molecule has 1 spiro atoms. The fourth-order valence-electron chi connectivity index (χ4n) is 4.07. The highest BCUT2D eigenvalue weighted by Gasteiger charge is 2.57. The summed E-state index contributed by atoms with van der Waals surface area (Å²) in [6.45, 7) is 2.59. The van der Waals surface area contributed by atoms with Gasteiger partial charge in [0.05, 0.1) is 5.52 Å². The first-order chi connectivity index (χ1) is 11.6. The predicted octanol–water partition coefficient (Wildman–Crippen LogP) is 2.60. The van der Waals surface area contributed by atoms with E-state index in [1.165, 1.54) is 6.07 Å². The maximum atomic E-state index is 13.8. The minimum Gasteiger partial charge on any atom is -0.355 e. The van der Waals surface area contributed by atoms with E-state index in [1.807, 2.05) is 17.7 Å². The van der Waals surface area contributed by atoms with Crippen LogP contribution >= 0.6 is 24.8 Å². The highest BCUT2D eigenvalue weighted by molar-refractivity contribution is 5.85. The van der Waals surface area contributed by atoms with Crippen LogP contribution < -0.4 is 10.6 Å². The molecule has 1 aliphatic carbocycles. The Bertz CT molecular complexity index is 789. The number of carbonyl (C=O) groups excluding carboxylic acids is 1. The Kier molecular flexibility index (Phi) is 6.53. The number of amides is 1. The number of fused-ring (bicyclic) bond motifs is 1. The summed E-state index contributed by atoms with van der Waals surface area (Å²) in [4.78, 5) is 16.7. The van der Waals surface area contributed by atoms with Crippen molar-refractivity contribution in [1.82, 2.24) is 20.2 Å². The van der Waals surface area contributed by atoms with Crippen LogP contribution in [0.1, 0.15) is 25.1 Å². The SMILES string of the molecule is Cl.Cl.Cn1c(CCNC(=O)C2CC23CCNCC3)nc2c(F)cccc21. The highest BCUT2D eigenvalue weighted by atomic mass is 35.5. The molecule has 1 saturated heterocycles. The fourth-order valence-corrected chi connectivity index (χ4v) is 4.07. The van der Waals surface area contributed by atoms with E-state index in [9.17, 15) is 9.18 Å². The first-order valence-corrected chi connectivity index (χ1v) is 8.69. The number of aryl methyl sites for hydroxylation is 1. The summed E-state index contributed by atoms with van der Waals surface area (Å²) in [6, 6.07) is 4.97. The topological polar surface area (TPSA) is 59.0 Å². The summed E-state index contributed by atoms with van der Waals surface area (Å²) in [7, 11) is 1.89. The molecule has 2 fully saturated rings. The molecular weight excluding hydrogens is 378 g/mol. The van der Waals surface area contributed by atoms with E-state index in [-0.39, 0.29) is 47.9 Å². The Labute approximate surface area is 164 Å². The van der Waals surface area contributed by atoms with Gasteiger partial charge >= 0.3 is 0 Å². The lowest BCUT2D eigenvalue weighted by Crippen LogP contribution is -2.34. The molecule has 0 radical (unpaired) electrons. The van der Waals surface area contributed by atoms with Crippen LogP contribution in [-0.4, -0.2) is 35.1 Å². The maximum Gasteiger partial charge on any atom is 0.223 e. The zero-order valence-electron chi connectivity index (χ0n) is 14.8. The van der Waals surface area contributed by atoms with Crippen molar-refractivity contribution in [1.29, 1.82) is 0 Å². The highest BCUT2D eigenvalue weighted by Crippen LogP contribution is 2.58. The van der Waals surface area contributed by atoms with Gasteiger partial charge in [-0.2, -0.15) is 0 Å². The van der Waals surface area contributed by atoms with Gasteiger partial charge in [0.1, 0.15) is 11.3 Å². The maximum absolute atomic E-state index is 13.8. The van der Waals surface area contributed by atoms with Gasteiger partial charge in [0, 0.05) is 25.9 Å². The van der Waals surface area contributed by atoms with E-state index in [0.29, 0.717) is 18.5 Å². The van der Waals surface area contributed by atoms with Crippen molar-refractivity contribution in [3.05, 3.63) is 29.8 Å². The van der Waals surface area contributed by atoms with Gasteiger partial charge in [-0.25, -0.2) is 9.37 Å². The molecule has 1 atom stereocenters. The summed E-state index contributed by atoms with van der Waals surface area (Å²) in [5.74, 6) is 0.839. The molecule has 1 aromatic heterocycles. The number of benzene rings is 1. The standard InChI is InChI=1S/C18H23FN4O.2ClH/c1-23-14-4-2-3-13(19)16(14)22-15(23)5-8-21-17(24)12-11-18(12)6-9-20-10-7-18;;/h2-4,12,20H,5-11H2,1H3,(H,21,24);2*1H. The summed E-state index contributed by atoms with van der Waals surface area (Å²) in [5, 5.41) is 6.40. The quantitative estimate of drug-likeness (QED) is 0.825. The zero-order valence-corrected chi connectivity index (χ0v) is 16.4. The number of para-hydroxylation sites is 1. The van der Waals surface area contributed by atoms with Crippen molar-refractivity contribution < 1.29 is 9.18 Å². The van der Waals surface area contributed by atoms with Gasteiger partial charge in [0.25, 0.3) is 0 Å². The molecule has 144 valence electrons. The minimum absolute atomic E-state index is 0. The summed E-state index contributed by atoms with van der Waals surface area (Å²) < 4.78 is 15.7. The lowest BCUT2D eigenvalue weighted by Gasteiger charge is -2.23. The molecule has 1 aromatic carbocycles. The van der Waals surface area contributed by atoms with Crippen LogP contribution in [0.25, 0.3) is 11.0 Å². The Hall–Kier alpha value is -1.37. The third kappa shape index (κ3) is 3.68. The molecule has 26 heavy (non-hydrogen) atoms. The number of halogens is 3. The first-order valence-electron chi connectivity index (χ1n) is 8.69. The summed E-state index contributed by atoms with van der Waals surface area (Å²) in [6.07, 6.45) is 3.85. The van der Waals surface area contributed by atoms with Crippen LogP contribution in [-0.2, 0) is 18.3 Å². The average molecular weight is 403 g/mol. The molecule has 1 saturated carbocycles. The average Bonchev–Trinajstić information content (AvgIpc) is 3.17. The van der Waals surface area contributed by atoms with E-state index in [0.717, 1.165) is 43.7 Å². The van der Waals surface area contributed by atoms with Crippen molar-refractivity contribution in [3.63, 3.8) is 0 Å². The minimum atomic E-state index is -0.302. The van der Waals surface area contributed by atoms with E-state index >= 15 is 0 Å². The molecule has 2 N–H and O–H groups in total. The molecule has 8 heteroatoms. The third-order valence-electron chi connectivity index (χ3n) is 5.71. The molecule has 1 aliphatic heterocycles. The van der Waals surface area contributed by atoms with Crippen molar-refractivity contribution in [2.24, 2.45) is 18.4 Å². The van der Waals surface area contributed by atoms with E-state index in [4.69, 9.17) is 0 Å². The van der Waals surface area contributed by atoms with Crippen molar-refractivity contribution in [2.45, 2.75) is 25.7 Å². The second-order valence-corrected chi connectivity index (χ2v) is 7.10. The molecule has 2 heterocycles. The second kappa shape index (κ2) is 8.11. The summed E-state index contributed by atoms with van der Waals surface area (Å²) in [5.41, 5.74) is 1.44. The van der Waals surface area contributed by atoms with Gasteiger partial charge in [0.2, 0.25) is 5.91 Å². The van der Waals surface area contributed by atoms with E-state index in [1.54, 1.807) is 6.07 Å². The second-order valence-electron chi connectivity index (χ2n) is 7.10. The molecular formula is C18H25Cl2FN4O. The van der Waals surface area contributed by atoms with Crippen LogP contribution in [0.3, 0.4) is 0 Å². The Balaban J connectivity index is 0.00000121. The van der Waals surface area contributed by atoms with E-state index < -0.39 is 0 Å². The van der Waals surface area contributed by atoms with Crippen molar-refractivity contribution >= 4 is 41.8 Å². The lowest BCUT2D eigenvalue weighted by molar-refractivity contribution is -0.123. The van der Waals surface area contributed by atoms with Gasteiger partial charge < -0.3 is 15.2 Å². The first kappa shape index (κ1) is 20.9. The van der Waals surface area contributed by atoms with Crippen molar-refractivity contribution in [2.75, 3.05) is 19.6 Å². The fraction of sp³-hybridized carbons (Fsp3) is 0.556. The monoisotopic (exact) mass is 402 g/mol. The van der Waals surface area contributed by atoms with Crippen molar-refractivity contribution in [3.8, 4) is 0 Å². The van der Waals surface area contributed by atoms with Gasteiger partial charge in [-0.3, -0.25) is 4.79 Å². The van der Waals surface area contributed by atoms with Gasteiger partial charge in [-0.15, -0.1) is 24.8 Å².